The summed E-state index contributed by atoms with van der Waals surface area (Å²) in [6, 6.07) is 12.1. The third-order valence-corrected chi connectivity index (χ3v) is 6.52. The van der Waals surface area contributed by atoms with Gasteiger partial charge in [0.1, 0.15) is 17.6 Å². The van der Waals surface area contributed by atoms with E-state index < -0.39 is 17.7 Å². The predicted molar refractivity (Wildman–Crippen MR) is 117 cm³/mol. The van der Waals surface area contributed by atoms with Crippen LogP contribution in [0, 0.1) is 0 Å². The number of aliphatic hydroxyl groups excluding tert-OH is 1. The average molecular weight is 433 g/mol. The fraction of sp³-hybridized carbons (Fsp3) is 0.208. The molecule has 2 aromatic heterocycles. The molecule has 2 aliphatic heterocycles. The second-order valence-electron chi connectivity index (χ2n) is 7.76. The molecule has 2 unspecified atom stereocenters. The number of nitrogens with zero attached hydrogens (tertiary/aromatic N) is 2. The molecule has 156 valence electrons. The van der Waals surface area contributed by atoms with Crippen molar-refractivity contribution in [3.8, 4) is 5.75 Å². The number of carbonyl (C=O) groups excluding carboxylic acids is 2. The van der Waals surface area contributed by atoms with Gasteiger partial charge in [-0.1, -0.05) is 12.1 Å². The number of fused-ring (bicyclic) bond motifs is 1. The van der Waals surface area contributed by atoms with E-state index >= 15 is 0 Å². The molecule has 2 atom stereocenters. The summed E-state index contributed by atoms with van der Waals surface area (Å²) in [5.41, 5.74) is 2.42. The van der Waals surface area contributed by atoms with Gasteiger partial charge in [0.15, 0.2) is 0 Å². The van der Waals surface area contributed by atoms with Crippen molar-refractivity contribution in [3.05, 3.63) is 87.4 Å². The number of aliphatic hydroxyl groups is 1. The molecule has 4 heterocycles. The third-order valence-electron chi connectivity index (χ3n) is 5.60. The number of ether oxygens (including phenoxy) is 1. The number of thiophene rings is 1. The summed E-state index contributed by atoms with van der Waals surface area (Å²) in [6.45, 7) is 2.22. The minimum atomic E-state index is -0.676. The first kappa shape index (κ1) is 19.5. The Morgan fingerprint density at radius 1 is 1.26 bits per heavy atom. The number of hydrogen-bond donors (Lipinski definition) is 1. The highest BCUT2D eigenvalue weighted by atomic mass is 32.1. The normalized spacial score (nSPS) is 21.9. The Balaban J connectivity index is 1.60. The lowest BCUT2D eigenvalue weighted by molar-refractivity contribution is -0.140. The molecule has 0 bridgehead atoms. The molecule has 31 heavy (non-hydrogen) atoms. The van der Waals surface area contributed by atoms with Crippen LogP contribution in [0.2, 0.25) is 0 Å². The van der Waals surface area contributed by atoms with E-state index in [0.717, 1.165) is 28.2 Å². The Morgan fingerprint density at radius 2 is 2.13 bits per heavy atom. The Bertz CT molecular complexity index is 1190. The zero-order chi connectivity index (χ0) is 21.5. The van der Waals surface area contributed by atoms with Crippen LogP contribution in [0.1, 0.15) is 34.5 Å². The van der Waals surface area contributed by atoms with Crippen molar-refractivity contribution in [3.63, 3.8) is 0 Å². The molecule has 2 aliphatic rings. The van der Waals surface area contributed by atoms with E-state index in [1.807, 2.05) is 36.6 Å². The first-order valence-corrected chi connectivity index (χ1v) is 10.9. The van der Waals surface area contributed by atoms with E-state index in [9.17, 15) is 14.7 Å². The molecule has 6 nitrogen and oxygen atoms in total. The minimum absolute atomic E-state index is 0.0728. The summed E-state index contributed by atoms with van der Waals surface area (Å²) in [7, 11) is 0. The second kappa shape index (κ2) is 7.67. The van der Waals surface area contributed by atoms with E-state index in [1.54, 1.807) is 30.6 Å². The fourth-order valence-corrected chi connectivity index (χ4v) is 5.04. The van der Waals surface area contributed by atoms with Gasteiger partial charge in [0.05, 0.1) is 11.6 Å². The van der Waals surface area contributed by atoms with E-state index in [-0.39, 0.29) is 24.0 Å². The molecule has 0 saturated carbocycles. The van der Waals surface area contributed by atoms with Gasteiger partial charge in [-0.05, 0) is 53.8 Å². The largest absolute Gasteiger partial charge is 0.507 e. The zero-order valence-corrected chi connectivity index (χ0v) is 17.6. The molecule has 1 amide bonds. The van der Waals surface area contributed by atoms with E-state index in [1.165, 1.54) is 16.2 Å². The van der Waals surface area contributed by atoms with Gasteiger partial charge in [0.2, 0.25) is 0 Å². The second-order valence-corrected chi connectivity index (χ2v) is 8.74. The number of carbonyl (C=O) groups is 2. The topological polar surface area (TPSA) is 79.7 Å². The van der Waals surface area contributed by atoms with E-state index in [4.69, 9.17) is 4.74 Å². The van der Waals surface area contributed by atoms with Crippen LogP contribution in [-0.4, -0.2) is 32.8 Å². The molecule has 1 saturated heterocycles. The van der Waals surface area contributed by atoms with Crippen LogP contribution in [0.5, 0.6) is 5.75 Å². The van der Waals surface area contributed by atoms with Gasteiger partial charge in [0.25, 0.3) is 11.7 Å². The van der Waals surface area contributed by atoms with E-state index in [0.29, 0.717) is 5.56 Å². The van der Waals surface area contributed by atoms with Crippen molar-refractivity contribution >= 4 is 28.8 Å². The lowest BCUT2D eigenvalue weighted by Crippen LogP contribution is -2.28. The minimum Gasteiger partial charge on any atom is -0.507 e. The number of amides is 1. The SMILES string of the molecule is CC1Cc2cc(C(O)=C3C(=O)C(=O)N(Cc4cccnc4)C3c3cccs3)ccc2O1. The highest BCUT2D eigenvalue weighted by Gasteiger charge is 2.46. The number of Topliss-reactive ketones (excluding diaryl/α,β-unsaturated/α-hetero) is 1. The van der Waals surface area contributed by atoms with Crippen molar-refractivity contribution in [2.24, 2.45) is 0 Å². The number of pyridine rings is 1. The highest BCUT2D eigenvalue weighted by molar-refractivity contribution is 7.10. The zero-order valence-electron chi connectivity index (χ0n) is 16.8. The van der Waals surface area contributed by atoms with Crippen LogP contribution in [0.15, 0.2) is 65.8 Å². The first-order valence-electron chi connectivity index (χ1n) is 10.0. The summed E-state index contributed by atoms with van der Waals surface area (Å²) in [5.74, 6) is -0.671. The van der Waals surface area contributed by atoms with Crippen molar-refractivity contribution in [2.75, 3.05) is 0 Å². The molecule has 0 aliphatic carbocycles. The van der Waals surface area contributed by atoms with Crippen LogP contribution >= 0.6 is 11.3 Å². The molecular weight excluding hydrogens is 412 g/mol. The number of ketones is 1. The van der Waals surface area contributed by atoms with Crippen molar-refractivity contribution in [1.29, 1.82) is 0 Å². The quantitative estimate of drug-likeness (QED) is 0.382. The Kier molecular flexibility index (Phi) is 4.82. The molecule has 5 rings (SSSR count). The molecule has 1 aromatic carbocycles. The molecule has 7 heteroatoms. The maximum atomic E-state index is 13.1. The Hall–Kier alpha value is -3.45. The average Bonchev–Trinajstić information content (AvgIpc) is 3.48. The predicted octanol–water partition coefficient (Wildman–Crippen LogP) is 4.09. The number of likely N-dealkylation sites (tertiary alicyclic amines) is 1. The molecule has 1 fully saturated rings. The fourth-order valence-electron chi connectivity index (χ4n) is 4.20. The maximum absolute atomic E-state index is 13.1. The van der Waals surface area contributed by atoms with Crippen molar-refractivity contribution in [1.82, 2.24) is 9.88 Å². The summed E-state index contributed by atoms with van der Waals surface area (Å²) in [4.78, 5) is 32.5. The van der Waals surface area contributed by atoms with Crippen LogP contribution < -0.4 is 4.74 Å². The number of aromatic nitrogens is 1. The molecule has 3 aromatic rings. The third kappa shape index (κ3) is 3.41. The highest BCUT2D eigenvalue weighted by Crippen LogP contribution is 2.42. The Morgan fingerprint density at radius 3 is 2.87 bits per heavy atom. The molecule has 0 radical (unpaired) electrons. The number of hydrogen-bond acceptors (Lipinski definition) is 6. The van der Waals surface area contributed by atoms with Crippen LogP contribution in [0.4, 0.5) is 0 Å². The lowest BCUT2D eigenvalue weighted by Gasteiger charge is -2.24. The monoisotopic (exact) mass is 432 g/mol. The summed E-state index contributed by atoms with van der Waals surface area (Å²) in [6.07, 6.45) is 4.14. The van der Waals surface area contributed by atoms with Gasteiger partial charge in [-0.25, -0.2) is 0 Å². The van der Waals surface area contributed by atoms with Crippen LogP contribution in [0.25, 0.3) is 5.76 Å². The standard InChI is InChI=1S/C24H20N2O4S/c1-14-10-17-11-16(6-7-18(17)30-14)22(27)20-21(19-5-3-9-31-19)26(24(29)23(20)28)13-15-4-2-8-25-12-15/h2-9,11-12,14,21,27H,10,13H2,1H3. The van der Waals surface area contributed by atoms with Gasteiger partial charge in [-0.2, -0.15) is 0 Å². The smallest absolute Gasteiger partial charge is 0.295 e. The summed E-state index contributed by atoms with van der Waals surface area (Å²) >= 11 is 1.45. The summed E-state index contributed by atoms with van der Waals surface area (Å²) < 4.78 is 5.74. The maximum Gasteiger partial charge on any atom is 0.295 e. The Labute approximate surface area is 183 Å². The van der Waals surface area contributed by atoms with Gasteiger partial charge in [-0.15, -0.1) is 11.3 Å². The molecule has 0 spiro atoms. The lowest BCUT2D eigenvalue weighted by atomic mass is 9.98. The van der Waals surface area contributed by atoms with Crippen LogP contribution in [0.3, 0.4) is 0 Å². The molecular formula is C24H20N2O4S. The van der Waals surface area contributed by atoms with Gasteiger partial charge in [0, 0.05) is 35.8 Å². The van der Waals surface area contributed by atoms with Crippen molar-refractivity contribution < 1.29 is 19.4 Å². The van der Waals surface area contributed by atoms with Gasteiger partial charge >= 0.3 is 0 Å². The summed E-state index contributed by atoms with van der Waals surface area (Å²) in [5, 5.41) is 13.1. The van der Waals surface area contributed by atoms with Crippen molar-refractivity contribution in [2.45, 2.75) is 32.0 Å². The molecule has 1 N–H and O–H groups in total. The first-order chi connectivity index (χ1) is 15.0. The van der Waals surface area contributed by atoms with Gasteiger partial charge in [-0.3, -0.25) is 14.6 Å². The van der Waals surface area contributed by atoms with E-state index in [2.05, 4.69) is 4.98 Å². The number of benzene rings is 1. The number of rotatable bonds is 4. The van der Waals surface area contributed by atoms with Crippen LogP contribution in [-0.2, 0) is 22.6 Å². The van der Waals surface area contributed by atoms with Gasteiger partial charge < -0.3 is 14.7 Å².